The van der Waals surface area contributed by atoms with E-state index in [1.165, 1.54) is 51.4 Å². The molecule has 1 aromatic heterocycles. The number of nitrogens with zero attached hydrogens (tertiary/aromatic N) is 2. The zero-order valence-electron chi connectivity index (χ0n) is 15.5. The first kappa shape index (κ1) is 19.6. The fourth-order valence-corrected chi connectivity index (χ4v) is 3.01. The van der Waals surface area contributed by atoms with Gasteiger partial charge in [-0.05, 0) is 31.9 Å². The van der Waals surface area contributed by atoms with Crippen LogP contribution in [-0.2, 0) is 0 Å². The number of benzene rings is 1. The number of aliphatic hydroxyl groups excluding tert-OH is 1. The summed E-state index contributed by atoms with van der Waals surface area (Å²) >= 11 is 0. The molecule has 0 radical (unpaired) electrons. The van der Waals surface area contributed by atoms with Gasteiger partial charge in [0, 0.05) is 6.61 Å². The highest BCUT2D eigenvalue weighted by Gasteiger charge is 2.05. The SMILES string of the molecule is Cc1nc2ccccc2nc1OCCCCCCCCCCCCO. The van der Waals surface area contributed by atoms with Crippen LogP contribution in [0.3, 0.4) is 0 Å². The Hall–Kier alpha value is -1.68. The van der Waals surface area contributed by atoms with Crippen molar-refractivity contribution >= 4 is 11.0 Å². The lowest BCUT2D eigenvalue weighted by molar-refractivity contribution is 0.282. The predicted octanol–water partition coefficient (Wildman–Crippen LogP) is 5.21. The molecule has 2 rings (SSSR count). The second kappa shape index (κ2) is 11.8. The van der Waals surface area contributed by atoms with Crippen molar-refractivity contribution in [2.45, 2.75) is 71.1 Å². The zero-order chi connectivity index (χ0) is 17.7. The van der Waals surface area contributed by atoms with Gasteiger partial charge in [-0.25, -0.2) is 9.97 Å². The van der Waals surface area contributed by atoms with Crippen molar-refractivity contribution in [3.05, 3.63) is 30.0 Å². The number of para-hydroxylation sites is 2. The molecule has 0 saturated carbocycles. The number of ether oxygens (including phenoxy) is 1. The minimum absolute atomic E-state index is 0.340. The fraction of sp³-hybridized carbons (Fsp3) is 0.619. The Morgan fingerprint density at radius 3 is 1.88 bits per heavy atom. The molecular weight excluding hydrogens is 312 g/mol. The molecule has 0 amide bonds. The van der Waals surface area contributed by atoms with Gasteiger partial charge in [0.15, 0.2) is 0 Å². The second-order valence-electron chi connectivity index (χ2n) is 6.71. The molecule has 4 nitrogen and oxygen atoms in total. The van der Waals surface area contributed by atoms with Crippen LogP contribution in [0.1, 0.15) is 69.9 Å². The molecule has 0 bridgehead atoms. The standard InChI is InChI=1S/C21H32N2O2/c1-18-21(23-20-15-11-10-14-19(20)22-18)25-17-13-9-7-5-3-2-4-6-8-12-16-24/h10-11,14-15,24H,2-9,12-13,16-17H2,1H3. The van der Waals surface area contributed by atoms with E-state index in [0.717, 1.165) is 36.2 Å². The third-order valence-electron chi connectivity index (χ3n) is 4.49. The molecular formula is C21H32N2O2. The predicted molar refractivity (Wildman–Crippen MR) is 103 cm³/mol. The zero-order valence-corrected chi connectivity index (χ0v) is 15.5. The van der Waals surface area contributed by atoms with E-state index in [1.54, 1.807) is 0 Å². The molecule has 0 aliphatic heterocycles. The summed E-state index contributed by atoms with van der Waals surface area (Å²) in [6, 6.07) is 7.90. The van der Waals surface area contributed by atoms with E-state index in [0.29, 0.717) is 12.5 Å². The van der Waals surface area contributed by atoms with Crippen molar-refractivity contribution in [1.82, 2.24) is 9.97 Å². The van der Waals surface area contributed by atoms with Gasteiger partial charge in [-0.15, -0.1) is 0 Å². The topological polar surface area (TPSA) is 55.2 Å². The highest BCUT2D eigenvalue weighted by molar-refractivity contribution is 5.74. The summed E-state index contributed by atoms with van der Waals surface area (Å²) < 4.78 is 5.83. The number of hydrogen-bond acceptors (Lipinski definition) is 4. The van der Waals surface area contributed by atoms with Crippen molar-refractivity contribution < 1.29 is 9.84 Å². The summed E-state index contributed by atoms with van der Waals surface area (Å²) in [6.07, 6.45) is 12.2. The van der Waals surface area contributed by atoms with Gasteiger partial charge < -0.3 is 9.84 Å². The number of aromatic nitrogens is 2. The quantitative estimate of drug-likeness (QED) is 0.507. The van der Waals surface area contributed by atoms with Gasteiger partial charge in [0.2, 0.25) is 5.88 Å². The Kier molecular flexibility index (Phi) is 9.27. The summed E-state index contributed by atoms with van der Waals surface area (Å²) in [7, 11) is 0. The highest BCUT2D eigenvalue weighted by atomic mass is 16.5. The van der Waals surface area contributed by atoms with E-state index in [9.17, 15) is 0 Å². The van der Waals surface area contributed by atoms with Crippen LogP contribution in [0.2, 0.25) is 0 Å². The normalized spacial score (nSPS) is 11.1. The maximum absolute atomic E-state index is 8.73. The molecule has 138 valence electrons. The number of unbranched alkanes of at least 4 members (excludes halogenated alkanes) is 9. The van der Waals surface area contributed by atoms with Gasteiger partial charge in [0.1, 0.15) is 5.69 Å². The molecule has 0 unspecified atom stereocenters. The summed E-state index contributed by atoms with van der Waals surface area (Å²) in [5.41, 5.74) is 2.67. The maximum Gasteiger partial charge on any atom is 0.235 e. The Morgan fingerprint density at radius 2 is 1.28 bits per heavy atom. The lowest BCUT2D eigenvalue weighted by atomic mass is 10.1. The summed E-state index contributed by atoms with van der Waals surface area (Å²) in [6.45, 7) is 3.01. The fourth-order valence-electron chi connectivity index (χ4n) is 3.01. The number of aliphatic hydroxyl groups is 1. The summed E-state index contributed by atoms with van der Waals surface area (Å²) in [5.74, 6) is 0.668. The Balaban J connectivity index is 1.53. The maximum atomic E-state index is 8.73. The van der Waals surface area contributed by atoms with Crippen LogP contribution < -0.4 is 4.74 Å². The van der Waals surface area contributed by atoms with Crippen LogP contribution in [0, 0.1) is 6.92 Å². The van der Waals surface area contributed by atoms with Crippen LogP contribution in [-0.4, -0.2) is 28.3 Å². The minimum Gasteiger partial charge on any atom is -0.476 e. The lowest BCUT2D eigenvalue weighted by Crippen LogP contribution is -2.02. The van der Waals surface area contributed by atoms with Gasteiger partial charge in [-0.1, -0.05) is 63.5 Å². The van der Waals surface area contributed by atoms with Crippen LogP contribution in [0.25, 0.3) is 11.0 Å². The molecule has 1 heterocycles. The number of aryl methyl sites for hydroxylation is 1. The Morgan fingerprint density at radius 1 is 0.760 bits per heavy atom. The third-order valence-corrected chi connectivity index (χ3v) is 4.49. The smallest absolute Gasteiger partial charge is 0.235 e. The molecule has 0 saturated heterocycles. The molecule has 0 aliphatic rings. The van der Waals surface area contributed by atoms with Crippen molar-refractivity contribution in [2.24, 2.45) is 0 Å². The molecule has 0 atom stereocenters. The third kappa shape index (κ3) is 7.39. The summed E-state index contributed by atoms with van der Waals surface area (Å²) in [4.78, 5) is 9.11. The Bertz CT molecular complexity index is 616. The van der Waals surface area contributed by atoms with Crippen LogP contribution in [0.4, 0.5) is 0 Å². The van der Waals surface area contributed by atoms with E-state index in [1.807, 2.05) is 31.2 Å². The van der Waals surface area contributed by atoms with Crippen LogP contribution in [0.5, 0.6) is 5.88 Å². The molecule has 25 heavy (non-hydrogen) atoms. The largest absolute Gasteiger partial charge is 0.476 e. The van der Waals surface area contributed by atoms with Gasteiger partial charge in [-0.3, -0.25) is 0 Å². The van der Waals surface area contributed by atoms with Crippen molar-refractivity contribution in [3.8, 4) is 5.88 Å². The van der Waals surface area contributed by atoms with Gasteiger partial charge in [0.05, 0.1) is 17.6 Å². The summed E-state index contributed by atoms with van der Waals surface area (Å²) in [5, 5.41) is 8.73. The second-order valence-corrected chi connectivity index (χ2v) is 6.71. The van der Waals surface area contributed by atoms with E-state index in [2.05, 4.69) is 9.97 Å². The van der Waals surface area contributed by atoms with Crippen LogP contribution in [0.15, 0.2) is 24.3 Å². The molecule has 0 aliphatic carbocycles. The van der Waals surface area contributed by atoms with Gasteiger partial charge in [-0.2, -0.15) is 0 Å². The van der Waals surface area contributed by atoms with Crippen molar-refractivity contribution in [1.29, 1.82) is 0 Å². The van der Waals surface area contributed by atoms with E-state index in [-0.39, 0.29) is 0 Å². The molecule has 4 heteroatoms. The van der Waals surface area contributed by atoms with E-state index in [4.69, 9.17) is 9.84 Å². The lowest BCUT2D eigenvalue weighted by Gasteiger charge is -2.08. The highest BCUT2D eigenvalue weighted by Crippen LogP contribution is 2.18. The molecule has 0 fully saturated rings. The van der Waals surface area contributed by atoms with E-state index < -0.39 is 0 Å². The first-order chi connectivity index (χ1) is 12.3. The number of hydrogen-bond donors (Lipinski definition) is 1. The van der Waals surface area contributed by atoms with Crippen molar-refractivity contribution in [2.75, 3.05) is 13.2 Å². The molecule has 1 aromatic carbocycles. The minimum atomic E-state index is 0.340. The number of fused-ring (bicyclic) bond motifs is 1. The molecule has 1 N–H and O–H groups in total. The van der Waals surface area contributed by atoms with Gasteiger partial charge in [0.25, 0.3) is 0 Å². The Labute approximate surface area is 151 Å². The average molecular weight is 344 g/mol. The monoisotopic (exact) mass is 344 g/mol. The van der Waals surface area contributed by atoms with Gasteiger partial charge >= 0.3 is 0 Å². The molecule has 2 aromatic rings. The van der Waals surface area contributed by atoms with Crippen LogP contribution >= 0.6 is 0 Å². The molecule has 0 spiro atoms. The first-order valence-corrected chi connectivity index (χ1v) is 9.78. The van der Waals surface area contributed by atoms with Crippen molar-refractivity contribution in [3.63, 3.8) is 0 Å². The van der Waals surface area contributed by atoms with E-state index >= 15 is 0 Å². The average Bonchev–Trinajstić information content (AvgIpc) is 2.63. The first-order valence-electron chi connectivity index (χ1n) is 9.78. The number of rotatable bonds is 13.